The van der Waals surface area contributed by atoms with Crippen LogP contribution in [0.4, 0.5) is 0 Å². The molecule has 0 radical (unpaired) electrons. The fourth-order valence-electron chi connectivity index (χ4n) is 1.87. The second-order valence-corrected chi connectivity index (χ2v) is 5.61. The standard InChI is InChI=1S/C12H24N2O/c1-12(2,3)6-4-8-14-9-5-11(15)13-7-10-14/h4-10H2,1-3H3,(H,13,15). The zero-order chi connectivity index (χ0) is 11.3. The lowest BCUT2D eigenvalue weighted by Crippen LogP contribution is -2.29. The summed E-state index contributed by atoms with van der Waals surface area (Å²) in [4.78, 5) is 13.5. The number of rotatable bonds is 3. The molecule has 0 bridgehead atoms. The van der Waals surface area contributed by atoms with Gasteiger partial charge in [-0.05, 0) is 24.8 Å². The molecule has 15 heavy (non-hydrogen) atoms. The Morgan fingerprint density at radius 2 is 2.07 bits per heavy atom. The van der Waals surface area contributed by atoms with E-state index in [0.717, 1.165) is 26.2 Å². The third-order valence-corrected chi connectivity index (χ3v) is 2.81. The molecule has 1 aliphatic rings. The van der Waals surface area contributed by atoms with Crippen LogP contribution in [-0.4, -0.2) is 37.0 Å². The first kappa shape index (κ1) is 12.5. The van der Waals surface area contributed by atoms with E-state index in [4.69, 9.17) is 0 Å². The topological polar surface area (TPSA) is 32.3 Å². The van der Waals surface area contributed by atoms with Crippen LogP contribution in [0, 0.1) is 5.41 Å². The van der Waals surface area contributed by atoms with E-state index in [9.17, 15) is 4.79 Å². The van der Waals surface area contributed by atoms with Crippen LogP contribution in [0.2, 0.25) is 0 Å². The van der Waals surface area contributed by atoms with Crippen molar-refractivity contribution in [1.82, 2.24) is 10.2 Å². The van der Waals surface area contributed by atoms with Crippen molar-refractivity contribution < 1.29 is 4.79 Å². The minimum Gasteiger partial charge on any atom is -0.355 e. The Hall–Kier alpha value is -0.570. The molecule has 1 N–H and O–H groups in total. The first-order valence-electron chi connectivity index (χ1n) is 5.96. The van der Waals surface area contributed by atoms with Crippen LogP contribution in [0.1, 0.15) is 40.0 Å². The third kappa shape index (κ3) is 5.78. The summed E-state index contributed by atoms with van der Waals surface area (Å²) < 4.78 is 0. The normalized spacial score (nSPS) is 19.8. The fraction of sp³-hybridized carbons (Fsp3) is 0.917. The molecular formula is C12H24N2O. The largest absolute Gasteiger partial charge is 0.355 e. The molecule has 0 aromatic heterocycles. The molecule has 1 amide bonds. The highest BCUT2D eigenvalue weighted by Gasteiger charge is 2.14. The number of hydrogen-bond acceptors (Lipinski definition) is 2. The van der Waals surface area contributed by atoms with E-state index >= 15 is 0 Å². The molecule has 0 aromatic carbocycles. The van der Waals surface area contributed by atoms with Gasteiger partial charge in [0.25, 0.3) is 0 Å². The highest BCUT2D eigenvalue weighted by atomic mass is 16.1. The van der Waals surface area contributed by atoms with Gasteiger partial charge >= 0.3 is 0 Å². The van der Waals surface area contributed by atoms with Gasteiger partial charge in [0.1, 0.15) is 0 Å². The van der Waals surface area contributed by atoms with E-state index in [0.29, 0.717) is 11.8 Å². The molecule has 0 saturated carbocycles. The van der Waals surface area contributed by atoms with Crippen LogP contribution in [0.25, 0.3) is 0 Å². The van der Waals surface area contributed by atoms with Gasteiger partial charge in [0, 0.05) is 26.1 Å². The lowest BCUT2D eigenvalue weighted by Gasteiger charge is -2.22. The van der Waals surface area contributed by atoms with Crippen molar-refractivity contribution in [2.24, 2.45) is 5.41 Å². The number of hydrogen-bond donors (Lipinski definition) is 1. The summed E-state index contributed by atoms with van der Waals surface area (Å²) in [6.07, 6.45) is 3.15. The van der Waals surface area contributed by atoms with Gasteiger partial charge in [0.2, 0.25) is 5.91 Å². The van der Waals surface area contributed by atoms with Crippen molar-refractivity contribution in [3.8, 4) is 0 Å². The average Bonchev–Trinajstić information content (AvgIpc) is 2.29. The van der Waals surface area contributed by atoms with Gasteiger partial charge in [-0.1, -0.05) is 20.8 Å². The number of amides is 1. The lowest BCUT2D eigenvalue weighted by atomic mass is 9.90. The molecule has 0 aliphatic carbocycles. The lowest BCUT2D eigenvalue weighted by molar-refractivity contribution is -0.120. The van der Waals surface area contributed by atoms with Crippen LogP contribution in [0.3, 0.4) is 0 Å². The van der Waals surface area contributed by atoms with Crippen molar-refractivity contribution in [3.63, 3.8) is 0 Å². The second-order valence-electron chi connectivity index (χ2n) is 5.61. The number of nitrogens with zero attached hydrogens (tertiary/aromatic N) is 1. The maximum absolute atomic E-state index is 11.1. The van der Waals surface area contributed by atoms with Crippen molar-refractivity contribution in [2.45, 2.75) is 40.0 Å². The molecular weight excluding hydrogens is 188 g/mol. The van der Waals surface area contributed by atoms with Crippen LogP contribution in [-0.2, 0) is 4.79 Å². The van der Waals surface area contributed by atoms with E-state index in [2.05, 4.69) is 31.0 Å². The minimum atomic E-state index is 0.202. The Bertz CT molecular complexity index is 208. The van der Waals surface area contributed by atoms with Crippen molar-refractivity contribution in [1.29, 1.82) is 0 Å². The summed E-state index contributed by atoms with van der Waals surface area (Å²) in [5.74, 6) is 0.202. The fourth-order valence-corrected chi connectivity index (χ4v) is 1.87. The minimum absolute atomic E-state index is 0.202. The van der Waals surface area contributed by atoms with Gasteiger partial charge in [-0.2, -0.15) is 0 Å². The van der Waals surface area contributed by atoms with Crippen LogP contribution in [0.15, 0.2) is 0 Å². The van der Waals surface area contributed by atoms with E-state index in [1.54, 1.807) is 0 Å². The van der Waals surface area contributed by atoms with E-state index in [1.165, 1.54) is 12.8 Å². The first-order valence-corrected chi connectivity index (χ1v) is 5.96. The van der Waals surface area contributed by atoms with Crippen molar-refractivity contribution in [3.05, 3.63) is 0 Å². The van der Waals surface area contributed by atoms with Crippen molar-refractivity contribution >= 4 is 5.91 Å². The van der Waals surface area contributed by atoms with E-state index in [-0.39, 0.29) is 5.91 Å². The predicted molar refractivity (Wildman–Crippen MR) is 62.8 cm³/mol. The first-order chi connectivity index (χ1) is 6.97. The Morgan fingerprint density at radius 1 is 1.33 bits per heavy atom. The van der Waals surface area contributed by atoms with Gasteiger partial charge < -0.3 is 10.2 Å². The zero-order valence-electron chi connectivity index (χ0n) is 10.3. The third-order valence-electron chi connectivity index (χ3n) is 2.81. The molecule has 0 aromatic rings. The molecule has 1 rings (SSSR count). The quantitative estimate of drug-likeness (QED) is 0.771. The predicted octanol–water partition coefficient (Wildman–Crippen LogP) is 1.63. The molecule has 0 unspecified atom stereocenters. The molecule has 88 valence electrons. The molecule has 0 atom stereocenters. The molecule has 1 saturated heterocycles. The van der Waals surface area contributed by atoms with Gasteiger partial charge in [-0.3, -0.25) is 4.79 Å². The number of carbonyl (C=O) groups is 1. The molecule has 1 fully saturated rings. The van der Waals surface area contributed by atoms with Gasteiger partial charge in [0.05, 0.1) is 0 Å². The summed E-state index contributed by atoms with van der Waals surface area (Å²) in [5, 5.41) is 2.90. The van der Waals surface area contributed by atoms with E-state index in [1.807, 2.05) is 0 Å². The average molecular weight is 212 g/mol. The molecule has 3 heteroatoms. The second kappa shape index (κ2) is 5.50. The zero-order valence-corrected chi connectivity index (χ0v) is 10.3. The number of carbonyl (C=O) groups excluding carboxylic acids is 1. The monoisotopic (exact) mass is 212 g/mol. The summed E-state index contributed by atoms with van der Waals surface area (Å²) in [6.45, 7) is 10.7. The van der Waals surface area contributed by atoms with Crippen LogP contribution < -0.4 is 5.32 Å². The van der Waals surface area contributed by atoms with Gasteiger partial charge in [0.15, 0.2) is 0 Å². The van der Waals surface area contributed by atoms with Crippen LogP contribution in [0.5, 0.6) is 0 Å². The Morgan fingerprint density at radius 3 is 2.73 bits per heavy atom. The van der Waals surface area contributed by atoms with Crippen LogP contribution >= 0.6 is 0 Å². The van der Waals surface area contributed by atoms with Gasteiger partial charge in [-0.15, -0.1) is 0 Å². The summed E-state index contributed by atoms with van der Waals surface area (Å²) in [7, 11) is 0. The summed E-state index contributed by atoms with van der Waals surface area (Å²) in [5.41, 5.74) is 0.430. The Kier molecular flexibility index (Phi) is 4.58. The highest BCUT2D eigenvalue weighted by Crippen LogP contribution is 2.20. The molecule has 3 nitrogen and oxygen atoms in total. The molecule has 1 aliphatic heterocycles. The highest BCUT2D eigenvalue weighted by molar-refractivity contribution is 5.76. The molecule has 0 spiro atoms. The Labute approximate surface area is 93.2 Å². The summed E-state index contributed by atoms with van der Waals surface area (Å²) in [6, 6.07) is 0. The van der Waals surface area contributed by atoms with Crippen molar-refractivity contribution in [2.75, 3.05) is 26.2 Å². The maximum Gasteiger partial charge on any atom is 0.221 e. The Balaban J connectivity index is 2.18. The van der Waals surface area contributed by atoms with E-state index < -0.39 is 0 Å². The molecule has 1 heterocycles. The smallest absolute Gasteiger partial charge is 0.221 e. The maximum atomic E-state index is 11.1. The number of nitrogens with one attached hydrogen (secondary N) is 1. The van der Waals surface area contributed by atoms with Gasteiger partial charge in [-0.25, -0.2) is 0 Å². The SMILES string of the molecule is CC(C)(C)CCCN1CCNC(=O)CC1. The summed E-state index contributed by atoms with van der Waals surface area (Å²) >= 11 is 0.